The van der Waals surface area contributed by atoms with Gasteiger partial charge in [-0.15, -0.1) is 0 Å². The second-order valence-corrected chi connectivity index (χ2v) is 7.35. The van der Waals surface area contributed by atoms with Crippen LogP contribution >= 0.6 is 0 Å². The molecular formula is C25H18NO2+. The summed E-state index contributed by atoms with van der Waals surface area (Å²) >= 11 is 0. The topological polar surface area (TPSA) is 30.2 Å². The van der Waals surface area contributed by atoms with E-state index in [-0.39, 0.29) is 0 Å². The first-order valence-corrected chi connectivity index (χ1v) is 9.43. The number of aryl methyl sites for hydroxylation is 2. The SMILES string of the molecule is Cc1ccccc1-c1c2oc3ccc4c5ccccc5oc4c3c2cc[n+]1C. The highest BCUT2D eigenvalue weighted by atomic mass is 16.3. The highest BCUT2D eigenvalue weighted by Gasteiger charge is 2.24. The van der Waals surface area contributed by atoms with E-state index in [0.29, 0.717) is 0 Å². The lowest BCUT2D eigenvalue weighted by atomic mass is 10.0. The number of nitrogens with zero attached hydrogens (tertiary/aromatic N) is 1. The predicted molar refractivity (Wildman–Crippen MR) is 112 cm³/mol. The van der Waals surface area contributed by atoms with E-state index in [9.17, 15) is 0 Å². The molecule has 0 aliphatic rings. The van der Waals surface area contributed by atoms with E-state index >= 15 is 0 Å². The fraction of sp³-hybridized carbons (Fsp3) is 0.0800. The smallest absolute Gasteiger partial charge is 0.256 e. The number of hydrogen-bond acceptors (Lipinski definition) is 2. The number of fused-ring (bicyclic) bond motifs is 7. The summed E-state index contributed by atoms with van der Waals surface area (Å²) in [6.07, 6.45) is 2.10. The van der Waals surface area contributed by atoms with Gasteiger partial charge in [0.05, 0.1) is 10.9 Å². The lowest BCUT2D eigenvalue weighted by Crippen LogP contribution is -2.30. The Labute approximate surface area is 161 Å². The number of rotatable bonds is 1. The molecule has 0 spiro atoms. The summed E-state index contributed by atoms with van der Waals surface area (Å²) in [7, 11) is 2.06. The molecule has 0 aliphatic heterocycles. The maximum absolute atomic E-state index is 6.40. The van der Waals surface area contributed by atoms with Crippen molar-refractivity contribution in [2.24, 2.45) is 7.05 Å². The monoisotopic (exact) mass is 364 g/mol. The van der Waals surface area contributed by atoms with Crippen molar-refractivity contribution in [3.8, 4) is 11.3 Å². The van der Waals surface area contributed by atoms with E-state index < -0.39 is 0 Å². The highest BCUT2D eigenvalue weighted by Crippen LogP contribution is 2.41. The van der Waals surface area contributed by atoms with Crippen molar-refractivity contribution in [3.63, 3.8) is 0 Å². The van der Waals surface area contributed by atoms with Crippen molar-refractivity contribution in [2.75, 3.05) is 0 Å². The largest absolute Gasteiger partial charge is 0.455 e. The van der Waals surface area contributed by atoms with Crippen molar-refractivity contribution in [3.05, 3.63) is 78.5 Å². The number of hydrogen-bond donors (Lipinski definition) is 0. The molecule has 0 saturated heterocycles. The van der Waals surface area contributed by atoms with Crippen LogP contribution in [0.15, 0.2) is 81.8 Å². The first-order chi connectivity index (χ1) is 13.7. The van der Waals surface area contributed by atoms with Crippen molar-refractivity contribution in [1.29, 1.82) is 0 Å². The van der Waals surface area contributed by atoms with Crippen LogP contribution in [0.2, 0.25) is 0 Å². The molecule has 3 aromatic carbocycles. The minimum absolute atomic E-state index is 0.850. The lowest BCUT2D eigenvalue weighted by molar-refractivity contribution is -0.659. The predicted octanol–water partition coefficient (Wildman–Crippen LogP) is 6.29. The average molecular weight is 364 g/mol. The minimum Gasteiger partial charge on any atom is -0.455 e. The Kier molecular flexibility index (Phi) is 3.01. The third-order valence-corrected chi connectivity index (χ3v) is 5.67. The average Bonchev–Trinajstić information content (AvgIpc) is 3.26. The van der Waals surface area contributed by atoms with Gasteiger partial charge in [0, 0.05) is 22.2 Å². The summed E-state index contributed by atoms with van der Waals surface area (Å²) in [4.78, 5) is 0. The van der Waals surface area contributed by atoms with E-state index in [2.05, 4.69) is 73.3 Å². The number of pyridine rings is 1. The zero-order valence-electron chi connectivity index (χ0n) is 15.7. The van der Waals surface area contributed by atoms with Crippen molar-refractivity contribution in [2.45, 2.75) is 6.92 Å². The first kappa shape index (κ1) is 15.5. The summed E-state index contributed by atoms with van der Waals surface area (Å²) < 4.78 is 14.8. The van der Waals surface area contributed by atoms with Crippen LogP contribution in [0.1, 0.15) is 5.56 Å². The normalized spacial score (nSPS) is 11.9. The van der Waals surface area contributed by atoms with Crippen LogP contribution in [0.25, 0.3) is 55.1 Å². The summed E-state index contributed by atoms with van der Waals surface area (Å²) in [6.45, 7) is 2.13. The molecule has 3 aromatic heterocycles. The zero-order chi connectivity index (χ0) is 18.8. The van der Waals surface area contributed by atoms with Gasteiger partial charge in [-0.25, -0.2) is 0 Å². The van der Waals surface area contributed by atoms with Crippen molar-refractivity contribution < 1.29 is 13.4 Å². The highest BCUT2D eigenvalue weighted by molar-refractivity contribution is 6.22. The van der Waals surface area contributed by atoms with Gasteiger partial charge in [-0.2, -0.15) is 4.57 Å². The minimum atomic E-state index is 0.850. The zero-order valence-corrected chi connectivity index (χ0v) is 15.7. The van der Waals surface area contributed by atoms with Gasteiger partial charge in [0.15, 0.2) is 6.20 Å². The van der Waals surface area contributed by atoms with Gasteiger partial charge in [-0.1, -0.05) is 36.4 Å². The fourth-order valence-electron chi connectivity index (χ4n) is 4.30. The van der Waals surface area contributed by atoms with Gasteiger partial charge in [0.1, 0.15) is 23.8 Å². The Morgan fingerprint density at radius 1 is 0.679 bits per heavy atom. The first-order valence-electron chi connectivity index (χ1n) is 9.43. The van der Waals surface area contributed by atoms with Crippen LogP contribution in [0.4, 0.5) is 0 Å². The Morgan fingerprint density at radius 2 is 1.46 bits per heavy atom. The molecular weight excluding hydrogens is 346 g/mol. The molecule has 0 N–H and O–H groups in total. The third-order valence-electron chi connectivity index (χ3n) is 5.67. The van der Waals surface area contributed by atoms with Crippen molar-refractivity contribution >= 4 is 43.9 Å². The van der Waals surface area contributed by atoms with Crippen LogP contribution in [0, 0.1) is 6.92 Å². The molecule has 3 heterocycles. The maximum Gasteiger partial charge on any atom is 0.256 e. The quantitative estimate of drug-likeness (QED) is 0.321. The van der Waals surface area contributed by atoms with E-state index in [1.807, 2.05) is 18.2 Å². The Bertz CT molecular complexity index is 1530. The Hall–Kier alpha value is -3.59. The van der Waals surface area contributed by atoms with Gasteiger partial charge in [0.2, 0.25) is 5.58 Å². The summed E-state index contributed by atoms with van der Waals surface area (Å²) in [5.41, 5.74) is 7.01. The molecule has 0 unspecified atom stereocenters. The molecule has 0 bridgehead atoms. The second kappa shape index (κ2) is 5.46. The second-order valence-electron chi connectivity index (χ2n) is 7.35. The van der Waals surface area contributed by atoms with Crippen LogP contribution in [0.3, 0.4) is 0 Å². The molecule has 6 rings (SSSR count). The molecule has 0 fully saturated rings. The molecule has 28 heavy (non-hydrogen) atoms. The molecule has 6 aromatic rings. The van der Waals surface area contributed by atoms with Crippen LogP contribution in [0.5, 0.6) is 0 Å². The van der Waals surface area contributed by atoms with Gasteiger partial charge >= 0.3 is 0 Å². The van der Waals surface area contributed by atoms with E-state index in [1.165, 1.54) is 11.1 Å². The summed E-state index contributed by atoms with van der Waals surface area (Å²) in [6, 6.07) is 22.9. The fourth-order valence-corrected chi connectivity index (χ4v) is 4.30. The molecule has 0 amide bonds. The maximum atomic E-state index is 6.40. The summed E-state index contributed by atoms with van der Waals surface area (Å²) in [5, 5.41) is 4.38. The lowest BCUT2D eigenvalue weighted by Gasteiger charge is -2.04. The molecule has 134 valence electrons. The number of aromatic nitrogens is 1. The number of furan rings is 2. The van der Waals surface area contributed by atoms with Gasteiger partial charge in [0.25, 0.3) is 5.69 Å². The molecule has 3 nitrogen and oxygen atoms in total. The molecule has 3 heteroatoms. The van der Waals surface area contributed by atoms with Gasteiger partial charge in [-0.05, 0) is 36.8 Å². The Morgan fingerprint density at radius 3 is 2.36 bits per heavy atom. The molecule has 0 saturated carbocycles. The standard InChI is InChI=1S/C25H18NO2/c1-15-7-3-4-8-16(15)23-25-19(13-14-26(23)2)22-21(28-25)12-11-18-17-9-5-6-10-20(17)27-24(18)22/h3-14H,1-2H3/q+1. The van der Waals surface area contributed by atoms with Crippen LogP contribution in [-0.4, -0.2) is 0 Å². The number of para-hydroxylation sites is 1. The Balaban J connectivity index is 1.81. The van der Waals surface area contributed by atoms with E-state index in [1.54, 1.807) is 0 Å². The van der Waals surface area contributed by atoms with Crippen LogP contribution in [-0.2, 0) is 7.05 Å². The molecule has 0 atom stereocenters. The van der Waals surface area contributed by atoms with Gasteiger partial charge < -0.3 is 8.83 Å². The summed E-state index contributed by atoms with van der Waals surface area (Å²) in [5.74, 6) is 0. The van der Waals surface area contributed by atoms with Gasteiger partial charge in [-0.3, -0.25) is 0 Å². The van der Waals surface area contributed by atoms with E-state index in [4.69, 9.17) is 8.83 Å². The van der Waals surface area contributed by atoms with Crippen LogP contribution < -0.4 is 4.57 Å². The number of benzene rings is 3. The van der Waals surface area contributed by atoms with E-state index in [0.717, 1.165) is 49.6 Å². The molecule has 0 aliphatic carbocycles. The molecule has 0 radical (unpaired) electrons. The van der Waals surface area contributed by atoms with Crippen molar-refractivity contribution in [1.82, 2.24) is 0 Å². The third kappa shape index (κ3) is 1.96.